The summed E-state index contributed by atoms with van der Waals surface area (Å²) in [6.45, 7) is 5.57. The summed E-state index contributed by atoms with van der Waals surface area (Å²) >= 11 is 0. The van der Waals surface area contributed by atoms with Crippen LogP contribution < -0.4 is 26.4 Å². The first kappa shape index (κ1) is 19.0. The maximum Gasteiger partial charge on any atom is 0.128 e. The van der Waals surface area contributed by atoms with Crippen LogP contribution in [-0.4, -0.2) is 65.2 Å². The van der Waals surface area contributed by atoms with Crippen molar-refractivity contribution in [1.82, 2.24) is 36.2 Å². The Bertz CT molecular complexity index is 820. The summed E-state index contributed by atoms with van der Waals surface area (Å²) in [5.41, 5.74) is 9.27. The molecular weight excluding hydrogens is 368 g/mol. The number of hydrazine groups is 1. The summed E-state index contributed by atoms with van der Waals surface area (Å²) in [4.78, 5) is 7.39. The number of rotatable bonds is 5. The molecule has 3 aliphatic rings. The first-order valence-electron chi connectivity index (χ1n) is 10.6. The molecule has 9 heteroatoms. The molecule has 0 amide bonds. The maximum atomic E-state index is 9.13. The highest BCUT2D eigenvalue weighted by molar-refractivity contribution is 5.40. The van der Waals surface area contributed by atoms with Gasteiger partial charge in [0.25, 0.3) is 0 Å². The minimum absolute atomic E-state index is 0.106. The minimum atomic E-state index is 0.106. The van der Waals surface area contributed by atoms with E-state index in [2.05, 4.69) is 49.7 Å². The molecular formula is C20H30N8O. The summed E-state index contributed by atoms with van der Waals surface area (Å²) in [6.07, 6.45) is 4.98. The van der Waals surface area contributed by atoms with Crippen LogP contribution in [0.5, 0.6) is 0 Å². The zero-order valence-electron chi connectivity index (χ0n) is 16.6. The average Bonchev–Trinajstić information content (AvgIpc) is 3.41. The van der Waals surface area contributed by atoms with E-state index in [1.807, 2.05) is 17.1 Å². The molecule has 4 atom stereocenters. The van der Waals surface area contributed by atoms with Gasteiger partial charge in [-0.3, -0.25) is 10.1 Å². The first-order valence-corrected chi connectivity index (χ1v) is 10.6. The van der Waals surface area contributed by atoms with Crippen LogP contribution in [0.3, 0.4) is 0 Å². The number of anilines is 1. The smallest absolute Gasteiger partial charge is 0.128 e. The molecule has 3 saturated heterocycles. The van der Waals surface area contributed by atoms with Crippen molar-refractivity contribution >= 4 is 5.82 Å². The highest BCUT2D eigenvalue weighted by atomic mass is 16.3. The third-order valence-electron chi connectivity index (χ3n) is 6.36. The fraction of sp³-hybridized carbons (Fsp3) is 0.600. The van der Waals surface area contributed by atoms with Gasteiger partial charge in [0, 0.05) is 62.5 Å². The van der Waals surface area contributed by atoms with Gasteiger partial charge in [0.2, 0.25) is 0 Å². The molecule has 4 unspecified atom stereocenters. The van der Waals surface area contributed by atoms with Gasteiger partial charge in [-0.15, -0.1) is 0 Å². The number of fused-ring (bicyclic) bond motifs is 1. The zero-order chi connectivity index (χ0) is 19.6. The van der Waals surface area contributed by atoms with E-state index in [1.165, 1.54) is 5.56 Å². The molecule has 5 rings (SSSR count). The van der Waals surface area contributed by atoms with Gasteiger partial charge in [-0.05, 0) is 18.6 Å². The molecule has 0 bridgehead atoms. The number of hydrogen-bond acceptors (Lipinski definition) is 8. The van der Waals surface area contributed by atoms with E-state index < -0.39 is 0 Å². The van der Waals surface area contributed by atoms with E-state index in [4.69, 9.17) is 10.1 Å². The largest absolute Gasteiger partial charge is 0.394 e. The molecule has 9 nitrogen and oxygen atoms in total. The number of piperidine rings is 1. The molecule has 3 aliphatic heterocycles. The first-order chi connectivity index (χ1) is 14.3. The van der Waals surface area contributed by atoms with Crippen LogP contribution in [0.15, 0.2) is 30.6 Å². The van der Waals surface area contributed by atoms with Crippen LogP contribution in [0.25, 0.3) is 0 Å². The highest BCUT2D eigenvalue weighted by Crippen LogP contribution is 2.38. The van der Waals surface area contributed by atoms with Gasteiger partial charge < -0.3 is 20.6 Å². The number of nitrogens with zero attached hydrogens (tertiary/aromatic N) is 4. The third kappa shape index (κ3) is 3.88. The fourth-order valence-corrected chi connectivity index (χ4v) is 4.78. The number of aliphatic hydroxyl groups excluding tert-OH is 1. The van der Waals surface area contributed by atoms with Crippen molar-refractivity contribution in [3.8, 4) is 0 Å². The summed E-state index contributed by atoms with van der Waals surface area (Å²) in [5.74, 6) is 1.53. The van der Waals surface area contributed by atoms with Crippen LogP contribution in [-0.2, 0) is 6.54 Å². The summed E-state index contributed by atoms with van der Waals surface area (Å²) < 4.78 is 1.81. The Labute approximate surface area is 170 Å². The lowest BCUT2D eigenvalue weighted by Crippen LogP contribution is -2.46. The molecule has 0 aliphatic carbocycles. The second-order valence-electron chi connectivity index (χ2n) is 8.15. The molecule has 0 radical (unpaired) electrons. The SMILES string of the molecule is OCCn1cc(C2CC3C(CN2)NNC3c2cccc(N3CCNCC3)n2)cn1. The van der Waals surface area contributed by atoms with E-state index in [-0.39, 0.29) is 18.7 Å². The number of aliphatic hydroxyl groups is 1. The average molecular weight is 399 g/mol. The van der Waals surface area contributed by atoms with Crippen molar-refractivity contribution in [2.45, 2.75) is 31.1 Å². The molecule has 3 fully saturated rings. The molecule has 0 aromatic carbocycles. The van der Waals surface area contributed by atoms with Gasteiger partial charge >= 0.3 is 0 Å². The lowest BCUT2D eigenvalue weighted by molar-refractivity contribution is 0.263. The number of nitrogens with one attached hydrogen (secondary N) is 4. The monoisotopic (exact) mass is 398 g/mol. The van der Waals surface area contributed by atoms with Crippen LogP contribution in [0.2, 0.25) is 0 Å². The van der Waals surface area contributed by atoms with Crippen molar-refractivity contribution in [1.29, 1.82) is 0 Å². The van der Waals surface area contributed by atoms with Crippen LogP contribution in [0, 0.1) is 5.92 Å². The molecule has 5 heterocycles. The maximum absolute atomic E-state index is 9.13. The van der Waals surface area contributed by atoms with Crippen molar-refractivity contribution < 1.29 is 5.11 Å². The topological polar surface area (TPSA) is 102 Å². The van der Waals surface area contributed by atoms with E-state index in [0.29, 0.717) is 18.5 Å². The molecule has 2 aromatic rings. The number of hydrogen-bond donors (Lipinski definition) is 5. The Balaban J connectivity index is 1.32. The zero-order valence-corrected chi connectivity index (χ0v) is 16.6. The normalized spacial score (nSPS) is 29.8. The Hall–Kier alpha value is -2.04. The highest BCUT2D eigenvalue weighted by Gasteiger charge is 2.42. The van der Waals surface area contributed by atoms with Crippen LogP contribution >= 0.6 is 0 Å². The Kier molecular flexibility index (Phi) is 5.47. The molecule has 2 aromatic heterocycles. The van der Waals surface area contributed by atoms with E-state index >= 15 is 0 Å². The van der Waals surface area contributed by atoms with Gasteiger partial charge in [-0.1, -0.05) is 6.07 Å². The summed E-state index contributed by atoms with van der Waals surface area (Å²) in [6, 6.07) is 7.24. The minimum Gasteiger partial charge on any atom is -0.394 e. The predicted molar refractivity (Wildman–Crippen MR) is 110 cm³/mol. The van der Waals surface area contributed by atoms with Gasteiger partial charge in [-0.25, -0.2) is 10.4 Å². The van der Waals surface area contributed by atoms with Gasteiger partial charge in [0.15, 0.2) is 0 Å². The van der Waals surface area contributed by atoms with E-state index in [9.17, 15) is 0 Å². The molecule has 0 saturated carbocycles. The van der Waals surface area contributed by atoms with Gasteiger partial charge in [0.1, 0.15) is 5.82 Å². The van der Waals surface area contributed by atoms with Crippen molar-refractivity contribution in [3.05, 3.63) is 41.9 Å². The standard InChI is InChI=1S/C20H30N8O/c29-9-8-28-13-14(11-23-28)17-10-15-18(12-22-17)25-26-20(15)16-2-1-3-19(24-16)27-6-4-21-5-7-27/h1-3,11,13,15,17-18,20-22,25-26,29H,4-10,12H2. The van der Waals surface area contributed by atoms with Crippen molar-refractivity contribution in [2.24, 2.45) is 5.92 Å². The second kappa shape index (κ2) is 8.37. The van der Waals surface area contributed by atoms with E-state index in [1.54, 1.807) is 0 Å². The van der Waals surface area contributed by atoms with Crippen molar-refractivity contribution in [2.75, 3.05) is 44.2 Å². The number of piperazine rings is 1. The Morgan fingerprint density at radius 3 is 2.93 bits per heavy atom. The lowest BCUT2D eigenvalue weighted by atomic mass is 9.82. The quantitative estimate of drug-likeness (QED) is 0.462. The Morgan fingerprint density at radius 1 is 1.17 bits per heavy atom. The fourth-order valence-electron chi connectivity index (χ4n) is 4.78. The predicted octanol–water partition coefficient (Wildman–Crippen LogP) is -0.452. The van der Waals surface area contributed by atoms with Crippen LogP contribution in [0.4, 0.5) is 5.82 Å². The lowest BCUT2D eigenvalue weighted by Gasteiger charge is -2.34. The molecule has 5 N–H and O–H groups in total. The molecule has 29 heavy (non-hydrogen) atoms. The Morgan fingerprint density at radius 2 is 2.07 bits per heavy atom. The van der Waals surface area contributed by atoms with E-state index in [0.717, 1.165) is 50.7 Å². The number of pyridine rings is 1. The summed E-state index contributed by atoms with van der Waals surface area (Å²) in [7, 11) is 0. The van der Waals surface area contributed by atoms with Gasteiger partial charge in [-0.2, -0.15) is 5.10 Å². The van der Waals surface area contributed by atoms with Crippen molar-refractivity contribution in [3.63, 3.8) is 0 Å². The molecule has 156 valence electrons. The second-order valence-corrected chi connectivity index (χ2v) is 8.15. The number of aromatic nitrogens is 3. The van der Waals surface area contributed by atoms with Crippen LogP contribution in [0.1, 0.15) is 29.8 Å². The van der Waals surface area contributed by atoms with Gasteiger partial charge in [0.05, 0.1) is 31.1 Å². The molecule has 0 spiro atoms. The third-order valence-corrected chi connectivity index (χ3v) is 6.36. The summed E-state index contributed by atoms with van der Waals surface area (Å²) in [5, 5.41) is 20.5.